The molecule has 1 aromatic heterocycles. The van der Waals surface area contributed by atoms with E-state index in [1.54, 1.807) is 12.4 Å². The predicted octanol–water partition coefficient (Wildman–Crippen LogP) is 6.23. The van der Waals surface area contributed by atoms with Crippen molar-refractivity contribution in [2.24, 2.45) is 4.99 Å². The number of hydrogen-bond acceptors (Lipinski definition) is 3. The Hall–Kier alpha value is -2.94. The maximum Gasteiger partial charge on any atom is 0.156 e. The Labute approximate surface area is 155 Å². The molecular weight excluding hydrogens is 320 g/mol. The van der Waals surface area contributed by atoms with Gasteiger partial charge in [-0.25, -0.2) is 0 Å². The van der Waals surface area contributed by atoms with E-state index < -0.39 is 0 Å². The lowest BCUT2D eigenvalue weighted by atomic mass is 9.85. The second-order valence-electron chi connectivity index (χ2n) is 7.34. The summed E-state index contributed by atoms with van der Waals surface area (Å²) in [7, 11) is 0. The first-order chi connectivity index (χ1) is 12.4. The summed E-state index contributed by atoms with van der Waals surface area (Å²) in [6, 6.07) is 19.8. The molecule has 0 spiro atoms. The summed E-state index contributed by atoms with van der Waals surface area (Å²) in [5.41, 5.74) is 3.85. The number of aliphatic imine (C=N–C) groups is 1. The van der Waals surface area contributed by atoms with Gasteiger partial charge in [-0.15, -0.1) is 0 Å². The highest BCUT2D eigenvalue weighted by Gasteiger charge is 2.22. The van der Waals surface area contributed by atoms with E-state index in [0.717, 1.165) is 34.0 Å². The Kier molecular flexibility index (Phi) is 5.17. The number of aryl methyl sites for hydroxylation is 1. The average molecular weight is 344 g/mol. The number of para-hydroxylation sites is 1. The summed E-state index contributed by atoms with van der Waals surface area (Å²) < 4.78 is 6.28. The third-order valence-electron chi connectivity index (χ3n) is 4.01. The molecular formula is C23H24N2O. The molecule has 0 saturated carbocycles. The minimum absolute atomic E-state index is 0.0641. The molecule has 26 heavy (non-hydrogen) atoms. The molecule has 3 aromatic rings. The lowest BCUT2D eigenvalue weighted by molar-refractivity contribution is 0.456. The molecule has 0 aliphatic rings. The van der Waals surface area contributed by atoms with Crippen molar-refractivity contribution in [3.8, 4) is 11.5 Å². The molecule has 0 aliphatic carbocycles. The van der Waals surface area contributed by atoms with E-state index >= 15 is 0 Å². The predicted molar refractivity (Wildman–Crippen MR) is 108 cm³/mol. The molecule has 0 N–H and O–H groups in total. The number of aromatic nitrogens is 1. The summed E-state index contributed by atoms with van der Waals surface area (Å²) >= 11 is 0. The first-order valence-corrected chi connectivity index (χ1v) is 8.76. The lowest BCUT2D eigenvalue weighted by Crippen LogP contribution is -2.13. The second kappa shape index (κ2) is 7.52. The Balaban J connectivity index is 2.09. The van der Waals surface area contributed by atoms with E-state index in [4.69, 9.17) is 9.73 Å². The van der Waals surface area contributed by atoms with Gasteiger partial charge in [0.25, 0.3) is 0 Å². The van der Waals surface area contributed by atoms with Crippen molar-refractivity contribution in [3.05, 3.63) is 83.7 Å². The standard InChI is InChI=1S/C23H24N2O/c1-17-14-20(23(2,3)4)22(26-19-11-6-5-7-12-19)21(15-17)25-16-18-10-8-9-13-24-18/h5-16H,1-4H3/b25-16+. The molecule has 0 saturated heterocycles. The zero-order chi connectivity index (χ0) is 18.6. The molecule has 1 heterocycles. The summed E-state index contributed by atoms with van der Waals surface area (Å²) in [6.45, 7) is 8.64. The van der Waals surface area contributed by atoms with Crippen LogP contribution in [0.4, 0.5) is 5.69 Å². The number of hydrogen-bond donors (Lipinski definition) is 0. The van der Waals surface area contributed by atoms with Gasteiger partial charge in [0.1, 0.15) is 11.4 Å². The molecule has 0 unspecified atom stereocenters. The van der Waals surface area contributed by atoms with Crippen LogP contribution in [-0.2, 0) is 5.41 Å². The summed E-state index contributed by atoms with van der Waals surface area (Å²) in [4.78, 5) is 9.01. The van der Waals surface area contributed by atoms with Crippen LogP contribution in [-0.4, -0.2) is 11.2 Å². The molecule has 3 rings (SSSR count). The van der Waals surface area contributed by atoms with Gasteiger partial charge in [0.05, 0.1) is 11.9 Å². The fourth-order valence-corrected chi connectivity index (χ4v) is 2.71. The SMILES string of the molecule is Cc1cc(/N=C/c2ccccn2)c(Oc2ccccc2)c(C(C)(C)C)c1. The Morgan fingerprint density at radius 1 is 0.962 bits per heavy atom. The summed E-state index contributed by atoms with van der Waals surface area (Å²) in [5.74, 6) is 1.60. The van der Waals surface area contributed by atoms with Gasteiger partial charge in [0.15, 0.2) is 5.75 Å². The Morgan fingerprint density at radius 2 is 1.69 bits per heavy atom. The molecule has 132 valence electrons. The van der Waals surface area contributed by atoms with Crippen molar-refractivity contribution in [1.82, 2.24) is 4.98 Å². The fourth-order valence-electron chi connectivity index (χ4n) is 2.71. The maximum atomic E-state index is 6.28. The summed E-state index contributed by atoms with van der Waals surface area (Å²) in [5, 5.41) is 0. The van der Waals surface area contributed by atoms with Gasteiger partial charge in [-0.05, 0) is 48.2 Å². The third-order valence-corrected chi connectivity index (χ3v) is 4.01. The molecule has 0 amide bonds. The number of rotatable bonds is 4. The van der Waals surface area contributed by atoms with Crippen molar-refractivity contribution < 1.29 is 4.74 Å². The molecule has 3 nitrogen and oxygen atoms in total. The maximum absolute atomic E-state index is 6.28. The first-order valence-electron chi connectivity index (χ1n) is 8.76. The molecule has 2 aromatic carbocycles. The van der Waals surface area contributed by atoms with Crippen LogP contribution >= 0.6 is 0 Å². The van der Waals surface area contributed by atoms with Crippen molar-refractivity contribution in [1.29, 1.82) is 0 Å². The number of pyridine rings is 1. The van der Waals surface area contributed by atoms with E-state index in [1.807, 2.05) is 54.6 Å². The second-order valence-corrected chi connectivity index (χ2v) is 7.34. The van der Waals surface area contributed by atoms with Crippen molar-refractivity contribution in [2.75, 3.05) is 0 Å². The van der Waals surface area contributed by atoms with E-state index in [-0.39, 0.29) is 5.41 Å². The minimum atomic E-state index is -0.0641. The van der Waals surface area contributed by atoms with Gasteiger partial charge in [-0.3, -0.25) is 9.98 Å². The van der Waals surface area contributed by atoms with Gasteiger partial charge in [0.2, 0.25) is 0 Å². The van der Waals surface area contributed by atoms with Gasteiger partial charge in [-0.1, -0.05) is 51.1 Å². The van der Waals surface area contributed by atoms with Crippen molar-refractivity contribution >= 4 is 11.9 Å². The molecule has 3 heteroatoms. The van der Waals surface area contributed by atoms with Gasteiger partial charge < -0.3 is 4.74 Å². The normalized spacial score (nSPS) is 11.7. The fraction of sp³-hybridized carbons (Fsp3) is 0.217. The van der Waals surface area contributed by atoms with Crippen molar-refractivity contribution in [3.63, 3.8) is 0 Å². The van der Waals surface area contributed by atoms with Gasteiger partial charge in [-0.2, -0.15) is 0 Å². The first kappa shape index (κ1) is 17.9. The molecule has 0 fully saturated rings. The Morgan fingerprint density at radius 3 is 2.35 bits per heavy atom. The number of nitrogens with zero attached hydrogens (tertiary/aromatic N) is 2. The van der Waals surface area contributed by atoms with Crippen LogP contribution < -0.4 is 4.74 Å². The van der Waals surface area contributed by atoms with E-state index in [2.05, 4.69) is 38.7 Å². The molecule has 0 radical (unpaired) electrons. The number of ether oxygens (including phenoxy) is 1. The monoisotopic (exact) mass is 344 g/mol. The van der Waals surface area contributed by atoms with Crippen LogP contribution in [0.1, 0.15) is 37.6 Å². The van der Waals surface area contributed by atoms with E-state index in [0.29, 0.717) is 0 Å². The van der Waals surface area contributed by atoms with E-state index in [1.165, 1.54) is 0 Å². The highest BCUT2D eigenvalue weighted by atomic mass is 16.5. The van der Waals surface area contributed by atoms with Crippen LogP contribution in [0.15, 0.2) is 71.9 Å². The number of benzene rings is 2. The molecule has 0 aliphatic heterocycles. The zero-order valence-corrected chi connectivity index (χ0v) is 15.7. The summed E-state index contributed by atoms with van der Waals surface area (Å²) in [6.07, 6.45) is 3.54. The van der Waals surface area contributed by atoms with Crippen LogP contribution in [0.3, 0.4) is 0 Å². The molecule has 0 bridgehead atoms. The van der Waals surface area contributed by atoms with Crippen LogP contribution in [0.5, 0.6) is 11.5 Å². The van der Waals surface area contributed by atoms with Gasteiger partial charge in [0, 0.05) is 11.8 Å². The van der Waals surface area contributed by atoms with Gasteiger partial charge >= 0.3 is 0 Å². The average Bonchev–Trinajstić information content (AvgIpc) is 2.62. The van der Waals surface area contributed by atoms with Crippen LogP contribution in [0.2, 0.25) is 0 Å². The highest BCUT2D eigenvalue weighted by molar-refractivity contribution is 5.81. The van der Waals surface area contributed by atoms with Crippen molar-refractivity contribution in [2.45, 2.75) is 33.1 Å². The minimum Gasteiger partial charge on any atom is -0.455 e. The quantitative estimate of drug-likeness (QED) is 0.526. The van der Waals surface area contributed by atoms with Crippen LogP contribution in [0.25, 0.3) is 0 Å². The Bertz CT molecular complexity index is 895. The third kappa shape index (κ3) is 4.37. The zero-order valence-electron chi connectivity index (χ0n) is 15.7. The van der Waals surface area contributed by atoms with Crippen LogP contribution in [0, 0.1) is 6.92 Å². The highest BCUT2D eigenvalue weighted by Crippen LogP contribution is 2.42. The topological polar surface area (TPSA) is 34.5 Å². The van der Waals surface area contributed by atoms with E-state index in [9.17, 15) is 0 Å². The lowest BCUT2D eigenvalue weighted by Gasteiger charge is -2.24. The molecule has 0 atom stereocenters. The smallest absolute Gasteiger partial charge is 0.156 e. The largest absolute Gasteiger partial charge is 0.455 e.